The Morgan fingerprint density at radius 3 is 2.24 bits per heavy atom. The summed E-state index contributed by atoms with van der Waals surface area (Å²) < 4.78 is 8.80. The number of furan rings is 1. The van der Waals surface area contributed by atoms with Crippen molar-refractivity contribution < 1.29 is 8.98 Å². The van der Waals surface area contributed by atoms with Gasteiger partial charge in [0, 0.05) is 22.2 Å². The first-order chi connectivity index (χ1) is 16.2. The average Bonchev–Trinajstić information content (AvgIpc) is 3.22. The topological polar surface area (TPSA) is 17.0 Å². The maximum Gasteiger partial charge on any atom is 0.216 e. The largest absolute Gasteiger partial charge is 0.455 e. The molecule has 0 saturated heterocycles. The van der Waals surface area contributed by atoms with Crippen LogP contribution >= 0.6 is 0 Å². The van der Waals surface area contributed by atoms with Gasteiger partial charge in [0.25, 0.3) is 0 Å². The van der Waals surface area contributed by atoms with E-state index >= 15 is 0 Å². The second-order valence-electron chi connectivity index (χ2n) is 8.96. The van der Waals surface area contributed by atoms with E-state index in [4.69, 9.17) is 4.42 Å². The Morgan fingerprint density at radius 1 is 0.636 bits per heavy atom. The summed E-state index contributed by atoms with van der Waals surface area (Å²) in [6.45, 7) is 2.17. The van der Waals surface area contributed by atoms with Crippen LogP contribution in [0.15, 0.2) is 102 Å². The molecule has 156 valence electrons. The number of aryl methyl sites for hydroxylation is 2. The zero-order valence-electron chi connectivity index (χ0n) is 18.6. The van der Waals surface area contributed by atoms with Crippen molar-refractivity contribution in [2.75, 3.05) is 0 Å². The van der Waals surface area contributed by atoms with Crippen molar-refractivity contribution in [1.29, 1.82) is 0 Å². The van der Waals surface area contributed by atoms with Crippen LogP contribution in [-0.4, -0.2) is 0 Å². The maximum absolute atomic E-state index is 6.59. The van der Waals surface area contributed by atoms with Gasteiger partial charge in [0.1, 0.15) is 18.2 Å². The average molecular weight is 425 g/mol. The van der Waals surface area contributed by atoms with Gasteiger partial charge in [-0.1, -0.05) is 72.8 Å². The number of aromatic nitrogens is 1. The van der Waals surface area contributed by atoms with E-state index in [0.717, 1.165) is 22.4 Å². The summed E-state index contributed by atoms with van der Waals surface area (Å²) in [6, 6.07) is 32.6. The lowest BCUT2D eigenvalue weighted by Gasteiger charge is -2.07. The smallest absolute Gasteiger partial charge is 0.216 e. The summed E-state index contributed by atoms with van der Waals surface area (Å²) >= 11 is 0. The van der Waals surface area contributed by atoms with Gasteiger partial charge in [-0.3, -0.25) is 0 Å². The molecule has 0 radical (unpaired) electrons. The minimum absolute atomic E-state index is 0.933. The fourth-order valence-electron chi connectivity index (χ4n) is 5.38. The third-order valence-corrected chi connectivity index (χ3v) is 6.99. The molecular formula is C31H22NO+. The first kappa shape index (κ1) is 18.4. The molecule has 0 atom stereocenters. The van der Waals surface area contributed by atoms with E-state index in [1.54, 1.807) is 0 Å². The Bertz CT molecular complexity index is 1890. The molecule has 7 aromatic rings. The number of hydrogen-bond donors (Lipinski definition) is 0. The Kier molecular flexibility index (Phi) is 3.72. The van der Waals surface area contributed by atoms with Crippen LogP contribution in [0.4, 0.5) is 0 Å². The van der Waals surface area contributed by atoms with E-state index in [-0.39, 0.29) is 0 Å². The van der Waals surface area contributed by atoms with Crippen LogP contribution < -0.4 is 4.57 Å². The summed E-state index contributed by atoms with van der Waals surface area (Å²) in [5, 5.41) is 9.87. The highest BCUT2D eigenvalue weighted by atomic mass is 16.3. The quantitative estimate of drug-likeness (QED) is 0.194. The molecule has 0 spiro atoms. The standard InChI is InChI=1S/C31H22NO/c1-19-11-13-26-30-25-14-12-20-7-5-6-10-23(20)24(25)15-16-28(30)33-31(26)29(19)27-17-21-8-3-4-9-22(21)18-32(27)2/h3-18H,1-2H3/q+1. The molecule has 2 heteroatoms. The molecule has 0 aliphatic carbocycles. The molecule has 0 aliphatic heterocycles. The number of hydrogen-bond acceptors (Lipinski definition) is 1. The second-order valence-corrected chi connectivity index (χ2v) is 8.96. The molecule has 0 unspecified atom stereocenters. The molecular weight excluding hydrogens is 402 g/mol. The lowest BCUT2D eigenvalue weighted by atomic mass is 9.96. The van der Waals surface area contributed by atoms with Crippen LogP contribution in [0, 0.1) is 6.92 Å². The number of fused-ring (bicyclic) bond motifs is 8. The Morgan fingerprint density at radius 2 is 1.36 bits per heavy atom. The van der Waals surface area contributed by atoms with Crippen molar-refractivity contribution >= 4 is 54.3 Å². The van der Waals surface area contributed by atoms with Gasteiger partial charge in [0.2, 0.25) is 5.69 Å². The van der Waals surface area contributed by atoms with E-state index < -0.39 is 0 Å². The van der Waals surface area contributed by atoms with E-state index in [1.165, 1.54) is 48.7 Å². The van der Waals surface area contributed by atoms with Gasteiger partial charge in [0.05, 0.1) is 5.56 Å². The van der Waals surface area contributed by atoms with E-state index in [0.29, 0.717) is 0 Å². The molecule has 0 N–H and O–H groups in total. The first-order valence-corrected chi connectivity index (χ1v) is 11.3. The molecule has 0 aliphatic rings. The number of nitrogens with zero attached hydrogens (tertiary/aromatic N) is 1. The van der Waals surface area contributed by atoms with Crippen LogP contribution in [0.1, 0.15) is 5.56 Å². The van der Waals surface area contributed by atoms with E-state index in [1.807, 2.05) is 0 Å². The van der Waals surface area contributed by atoms with Crippen LogP contribution in [-0.2, 0) is 7.05 Å². The summed E-state index contributed by atoms with van der Waals surface area (Å²) in [5.74, 6) is 0. The van der Waals surface area contributed by atoms with E-state index in [9.17, 15) is 0 Å². The molecule has 2 nitrogen and oxygen atoms in total. The molecule has 0 saturated carbocycles. The summed E-state index contributed by atoms with van der Waals surface area (Å²) in [5.41, 5.74) is 5.42. The van der Waals surface area contributed by atoms with Crippen LogP contribution in [0.5, 0.6) is 0 Å². The fourth-order valence-corrected chi connectivity index (χ4v) is 5.38. The van der Waals surface area contributed by atoms with Gasteiger partial charge in [-0.25, -0.2) is 4.57 Å². The number of rotatable bonds is 1. The minimum atomic E-state index is 0.933. The lowest BCUT2D eigenvalue weighted by molar-refractivity contribution is -0.659. The van der Waals surface area contributed by atoms with Crippen molar-refractivity contribution in [1.82, 2.24) is 0 Å². The fraction of sp³-hybridized carbons (Fsp3) is 0.0645. The SMILES string of the molecule is Cc1ccc2c(oc3ccc4c5ccccc5ccc4c32)c1-c1cc2ccccc2c[n+]1C. The summed E-state index contributed by atoms with van der Waals surface area (Å²) in [4.78, 5) is 0. The Balaban J connectivity index is 1.61. The molecule has 0 bridgehead atoms. The molecule has 7 rings (SSSR count). The van der Waals surface area contributed by atoms with Gasteiger partial charge in [0.15, 0.2) is 6.20 Å². The zero-order valence-corrected chi connectivity index (χ0v) is 18.6. The number of pyridine rings is 1. The predicted octanol–water partition coefficient (Wildman–Crippen LogP) is 7.85. The zero-order chi connectivity index (χ0) is 22.1. The monoisotopic (exact) mass is 424 g/mol. The Hall–Kier alpha value is -4.17. The predicted molar refractivity (Wildman–Crippen MR) is 138 cm³/mol. The highest BCUT2D eigenvalue weighted by Crippen LogP contribution is 2.41. The molecule has 0 amide bonds. The highest BCUT2D eigenvalue weighted by Gasteiger charge is 2.22. The van der Waals surface area contributed by atoms with E-state index in [2.05, 4.69) is 116 Å². The molecule has 2 aromatic heterocycles. The summed E-state index contributed by atoms with van der Waals surface area (Å²) in [7, 11) is 2.12. The molecule has 33 heavy (non-hydrogen) atoms. The molecule has 0 fully saturated rings. The van der Waals surface area contributed by atoms with Crippen LogP contribution in [0.25, 0.3) is 65.5 Å². The maximum atomic E-state index is 6.59. The molecule has 5 aromatic carbocycles. The van der Waals surface area contributed by atoms with Gasteiger partial charge < -0.3 is 4.42 Å². The van der Waals surface area contributed by atoms with Gasteiger partial charge >= 0.3 is 0 Å². The van der Waals surface area contributed by atoms with Crippen LogP contribution in [0.3, 0.4) is 0 Å². The van der Waals surface area contributed by atoms with Gasteiger partial charge in [-0.15, -0.1) is 0 Å². The number of benzene rings is 5. The van der Waals surface area contributed by atoms with Crippen molar-refractivity contribution in [2.24, 2.45) is 7.05 Å². The lowest BCUT2D eigenvalue weighted by Crippen LogP contribution is -2.30. The highest BCUT2D eigenvalue weighted by molar-refractivity contribution is 6.24. The minimum Gasteiger partial charge on any atom is -0.455 e. The van der Waals surface area contributed by atoms with Crippen molar-refractivity contribution in [3.05, 3.63) is 103 Å². The third-order valence-electron chi connectivity index (χ3n) is 6.99. The Labute approximate surface area is 191 Å². The van der Waals surface area contributed by atoms with Crippen LogP contribution in [0.2, 0.25) is 0 Å². The summed E-state index contributed by atoms with van der Waals surface area (Å²) in [6.07, 6.45) is 2.20. The van der Waals surface area contributed by atoms with Gasteiger partial charge in [-0.05, 0) is 51.6 Å². The van der Waals surface area contributed by atoms with Crippen molar-refractivity contribution in [2.45, 2.75) is 6.92 Å². The van der Waals surface area contributed by atoms with Crippen molar-refractivity contribution in [3.63, 3.8) is 0 Å². The normalized spacial score (nSPS) is 11.9. The second kappa shape index (κ2) is 6.66. The third kappa shape index (κ3) is 2.58. The molecule has 2 heterocycles. The first-order valence-electron chi connectivity index (χ1n) is 11.3. The van der Waals surface area contributed by atoms with Gasteiger partial charge in [-0.2, -0.15) is 0 Å². The van der Waals surface area contributed by atoms with Crippen molar-refractivity contribution in [3.8, 4) is 11.3 Å².